The molecule has 30 heavy (non-hydrogen) atoms. The lowest BCUT2D eigenvalue weighted by Gasteiger charge is -2.08. The Balaban J connectivity index is 1.54. The number of amides is 1. The van der Waals surface area contributed by atoms with E-state index in [1.165, 1.54) is 10.8 Å². The van der Waals surface area contributed by atoms with Gasteiger partial charge in [0.1, 0.15) is 11.4 Å². The first-order valence-electron chi connectivity index (χ1n) is 8.55. The summed E-state index contributed by atoms with van der Waals surface area (Å²) in [5.74, 6) is -0.732. The van der Waals surface area contributed by atoms with Crippen LogP contribution >= 0.6 is 46.5 Å². The molecule has 0 fully saturated rings. The largest absolute Gasteiger partial charge is 0.492 e. The van der Waals surface area contributed by atoms with Crippen molar-refractivity contribution in [2.75, 3.05) is 5.43 Å². The molecule has 0 aliphatic heterocycles. The van der Waals surface area contributed by atoms with Crippen molar-refractivity contribution in [2.24, 2.45) is 4.99 Å². The van der Waals surface area contributed by atoms with Crippen molar-refractivity contribution in [3.8, 4) is 5.88 Å². The molecule has 2 N–H and O–H groups in total. The molecule has 152 valence electrons. The smallest absolute Gasteiger partial charge is 0.308 e. The maximum atomic E-state index is 12.5. The number of hydrogen-bond donors (Lipinski definition) is 2. The lowest BCUT2D eigenvalue weighted by molar-refractivity contribution is -0.117. The number of carbonyl (C=O) groups excluding carboxylic acids is 1. The van der Waals surface area contributed by atoms with Gasteiger partial charge in [-0.15, -0.1) is 0 Å². The van der Waals surface area contributed by atoms with Gasteiger partial charge in [0.05, 0.1) is 22.1 Å². The molecule has 2 aromatic heterocycles. The van der Waals surface area contributed by atoms with E-state index in [9.17, 15) is 14.7 Å². The molecule has 0 aliphatic rings. The highest BCUT2D eigenvalue weighted by Gasteiger charge is 2.15. The predicted molar refractivity (Wildman–Crippen MR) is 124 cm³/mol. The lowest BCUT2D eigenvalue weighted by atomic mass is 10.3. The number of hydrogen-bond acceptors (Lipinski definition) is 7. The van der Waals surface area contributed by atoms with Crippen molar-refractivity contribution in [3.05, 3.63) is 72.1 Å². The molecule has 0 unspecified atom stereocenters. The molecule has 4 aromatic rings. The monoisotopic (exact) mass is 476 g/mol. The Morgan fingerprint density at radius 2 is 1.93 bits per heavy atom. The Kier molecular flexibility index (Phi) is 5.82. The minimum Gasteiger partial charge on any atom is -0.492 e. The van der Waals surface area contributed by atoms with E-state index in [0.717, 1.165) is 32.0 Å². The number of rotatable bonds is 5. The minimum absolute atomic E-state index is 0.200. The summed E-state index contributed by atoms with van der Waals surface area (Å²) in [6, 6.07) is 14.1. The molecule has 0 aliphatic carbocycles. The molecule has 2 aromatic carbocycles. The van der Waals surface area contributed by atoms with Gasteiger partial charge < -0.3 is 5.11 Å². The molecule has 0 saturated heterocycles. The van der Waals surface area contributed by atoms with E-state index >= 15 is 0 Å². The van der Waals surface area contributed by atoms with Crippen LogP contribution in [0.1, 0.15) is 4.88 Å². The second-order valence-electron chi connectivity index (χ2n) is 6.08. The number of aromatic hydroxyl groups is 1. The summed E-state index contributed by atoms with van der Waals surface area (Å²) in [6.07, 6.45) is 1.46. The maximum Gasteiger partial charge on any atom is 0.308 e. The zero-order chi connectivity index (χ0) is 21.3. The number of aromatic nitrogens is 2. The van der Waals surface area contributed by atoms with Crippen LogP contribution in [-0.2, 0) is 11.3 Å². The van der Waals surface area contributed by atoms with Crippen LogP contribution in [0, 0.1) is 3.95 Å². The van der Waals surface area contributed by atoms with Crippen LogP contribution < -0.4 is 10.3 Å². The van der Waals surface area contributed by atoms with E-state index in [2.05, 4.69) is 10.4 Å². The molecule has 0 spiro atoms. The van der Waals surface area contributed by atoms with Gasteiger partial charge in [-0.25, -0.2) is 0 Å². The fraction of sp³-hybridized carbons (Fsp3) is 0.0526. The van der Waals surface area contributed by atoms with Gasteiger partial charge in [0, 0.05) is 5.02 Å². The number of nitrogens with one attached hydrogen (secondary N) is 1. The highest BCUT2D eigenvalue weighted by molar-refractivity contribution is 7.73. The first-order chi connectivity index (χ1) is 14.4. The van der Waals surface area contributed by atoms with E-state index < -0.39 is 5.91 Å². The molecule has 7 nitrogen and oxygen atoms in total. The van der Waals surface area contributed by atoms with Crippen LogP contribution in [0.5, 0.6) is 5.88 Å². The van der Waals surface area contributed by atoms with Gasteiger partial charge in [-0.1, -0.05) is 46.4 Å². The van der Waals surface area contributed by atoms with Crippen molar-refractivity contribution >= 4 is 74.5 Å². The van der Waals surface area contributed by atoms with Gasteiger partial charge in [0.2, 0.25) is 5.88 Å². The summed E-state index contributed by atoms with van der Waals surface area (Å²) in [5, 5.41) is 11.0. The number of benzene rings is 2. The Morgan fingerprint density at radius 3 is 2.70 bits per heavy atom. The third kappa shape index (κ3) is 4.21. The summed E-state index contributed by atoms with van der Waals surface area (Å²) in [7, 11) is 0. The Labute approximate surface area is 188 Å². The standard InChI is InChI=1S/C19H13ClN4O3S3/c20-11-5-7-12(8-6-11)21-9-15-17(26)24(19(28)30-15)22-16(25)10-23-13-3-1-2-4-14(13)29-18(23)27/h1-9,26H,10H2,(H,22,25). The Morgan fingerprint density at radius 1 is 1.20 bits per heavy atom. The number of nitrogens with zero attached hydrogens (tertiary/aromatic N) is 3. The van der Waals surface area contributed by atoms with E-state index in [-0.39, 0.29) is 21.3 Å². The van der Waals surface area contributed by atoms with Crippen LogP contribution in [0.2, 0.25) is 5.02 Å². The molecule has 11 heteroatoms. The van der Waals surface area contributed by atoms with E-state index in [4.69, 9.17) is 23.8 Å². The first kappa shape index (κ1) is 20.5. The summed E-state index contributed by atoms with van der Waals surface area (Å²) < 4.78 is 3.52. The summed E-state index contributed by atoms with van der Waals surface area (Å²) in [6.45, 7) is -0.200. The third-order valence-corrected chi connectivity index (χ3v) is 6.59. The topological polar surface area (TPSA) is 88.6 Å². The predicted octanol–water partition coefficient (Wildman–Crippen LogP) is 4.54. The summed E-state index contributed by atoms with van der Waals surface area (Å²) >= 11 is 13.3. The summed E-state index contributed by atoms with van der Waals surface area (Å²) in [4.78, 5) is 29.1. The summed E-state index contributed by atoms with van der Waals surface area (Å²) in [5.41, 5.74) is 3.86. The molecule has 0 atom stereocenters. The number of aliphatic imine (C=N–C) groups is 1. The Bertz CT molecular complexity index is 1380. The number of halogens is 1. The fourth-order valence-electron chi connectivity index (χ4n) is 2.69. The second-order valence-corrected chi connectivity index (χ2v) is 9.19. The molecular formula is C19H13ClN4O3S3. The van der Waals surface area contributed by atoms with Crippen LogP contribution in [0.3, 0.4) is 0 Å². The Hall–Kier alpha value is -2.79. The fourth-order valence-corrected chi connectivity index (χ4v) is 4.81. The number of carbonyl (C=O) groups is 1. The number of para-hydroxylation sites is 1. The average molecular weight is 477 g/mol. The van der Waals surface area contributed by atoms with E-state index in [1.807, 2.05) is 12.1 Å². The first-order valence-corrected chi connectivity index (χ1v) is 11.0. The van der Waals surface area contributed by atoms with Gasteiger partial charge in [0.15, 0.2) is 3.95 Å². The highest BCUT2D eigenvalue weighted by Crippen LogP contribution is 2.24. The number of fused-ring (bicyclic) bond motifs is 1. The van der Waals surface area contributed by atoms with Crippen molar-refractivity contribution in [2.45, 2.75) is 6.54 Å². The lowest BCUT2D eigenvalue weighted by Crippen LogP contribution is -2.29. The molecule has 2 heterocycles. The maximum absolute atomic E-state index is 12.5. The van der Waals surface area contributed by atoms with Gasteiger partial charge in [0.25, 0.3) is 5.91 Å². The number of thiazole rings is 2. The average Bonchev–Trinajstić information content (AvgIpc) is 3.18. The molecule has 0 radical (unpaired) electrons. The van der Waals surface area contributed by atoms with Crippen LogP contribution in [0.25, 0.3) is 10.2 Å². The van der Waals surface area contributed by atoms with Crippen molar-refractivity contribution in [1.29, 1.82) is 0 Å². The molecular weight excluding hydrogens is 464 g/mol. The van der Waals surface area contributed by atoms with Crippen LogP contribution in [-0.4, -0.2) is 26.5 Å². The van der Waals surface area contributed by atoms with Gasteiger partial charge in [-0.05, 0) is 48.6 Å². The van der Waals surface area contributed by atoms with E-state index in [1.54, 1.807) is 36.4 Å². The quantitative estimate of drug-likeness (QED) is 0.327. The zero-order valence-corrected chi connectivity index (χ0v) is 18.3. The van der Waals surface area contributed by atoms with Crippen LogP contribution in [0.15, 0.2) is 58.3 Å². The molecule has 0 saturated carbocycles. The van der Waals surface area contributed by atoms with E-state index in [0.29, 0.717) is 21.1 Å². The van der Waals surface area contributed by atoms with Gasteiger partial charge >= 0.3 is 4.87 Å². The highest BCUT2D eigenvalue weighted by atomic mass is 35.5. The molecule has 4 rings (SSSR count). The normalized spacial score (nSPS) is 11.4. The van der Waals surface area contributed by atoms with Crippen LogP contribution in [0.4, 0.5) is 5.69 Å². The minimum atomic E-state index is -0.494. The SMILES string of the molecule is O=C(Cn1c(=O)sc2ccccc21)Nn1c(O)c(C=Nc2ccc(Cl)cc2)sc1=S. The van der Waals surface area contributed by atoms with Crippen molar-refractivity contribution < 1.29 is 9.90 Å². The van der Waals surface area contributed by atoms with Crippen molar-refractivity contribution in [1.82, 2.24) is 9.24 Å². The molecule has 1 amide bonds. The van der Waals surface area contributed by atoms with Gasteiger partial charge in [-0.2, -0.15) is 4.68 Å². The zero-order valence-electron chi connectivity index (χ0n) is 15.1. The second kappa shape index (κ2) is 8.52. The van der Waals surface area contributed by atoms with Gasteiger partial charge in [-0.3, -0.25) is 24.6 Å². The van der Waals surface area contributed by atoms with Crippen molar-refractivity contribution in [3.63, 3.8) is 0 Å². The molecule has 0 bridgehead atoms. The third-order valence-electron chi connectivity index (χ3n) is 4.08.